The number of alkyl halides is 1. The summed E-state index contributed by atoms with van der Waals surface area (Å²) in [5.41, 5.74) is 3.05. The zero-order valence-corrected chi connectivity index (χ0v) is 21.4. The number of hydrogen-bond acceptors (Lipinski definition) is 0. The molecule has 0 aromatic carbocycles. The molecular weight excluding hydrogens is 451 g/mol. The van der Waals surface area contributed by atoms with E-state index in [0.29, 0.717) is 10.8 Å². The molecule has 0 radical (unpaired) electrons. The molecule has 0 saturated heterocycles. The second-order valence-electron chi connectivity index (χ2n) is 12.1. The minimum atomic E-state index is 0.548. The van der Waals surface area contributed by atoms with Crippen molar-refractivity contribution in [2.45, 2.75) is 109 Å². The quantitative estimate of drug-likeness (QED) is 0.203. The highest BCUT2D eigenvalue weighted by molar-refractivity contribution is 14.1. The molecular formula is C27H45I. The largest absolute Gasteiger partial charge is 0.0844 e. The van der Waals surface area contributed by atoms with Crippen LogP contribution in [0.4, 0.5) is 0 Å². The predicted molar refractivity (Wildman–Crippen MR) is 131 cm³/mol. The summed E-state index contributed by atoms with van der Waals surface area (Å²) in [5.74, 6) is 5.79. The highest BCUT2D eigenvalue weighted by Gasteiger charge is 2.58. The lowest BCUT2D eigenvalue weighted by molar-refractivity contribution is -0.0495. The molecule has 0 N–H and O–H groups in total. The van der Waals surface area contributed by atoms with Crippen LogP contribution in [0.3, 0.4) is 0 Å². The molecule has 0 nitrogen and oxygen atoms in total. The van der Waals surface area contributed by atoms with E-state index < -0.39 is 0 Å². The van der Waals surface area contributed by atoms with Crippen molar-refractivity contribution in [3.63, 3.8) is 0 Å². The lowest BCUT2D eigenvalue weighted by Gasteiger charge is -2.58. The fourth-order valence-corrected chi connectivity index (χ4v) is 9.43. The molecule has 1 heteroatoms. The van der Waals surface area contributed by atoms with Crippen molar-refractivity contribution in [1.82, 2.24) is 0 Å². The number of allylic oxidation sites excluding steroid dienone is 2. The number of halogens is 1. The molecule has 0 heterocycles. The van der Waals surface area contributed by atoms with E-state index in [-0.39, 0.29) is 0 Å². The van der Waals surface area contributed by atoms with E-state index in [4.69, 9.17) is 0 Å². The summed E-state index contributed by atoms with van der Waals surface area (Å²) in [6, 6.07) is 0. The van der Waals surface area contributed by atoms with Crippen LogP contribution in [0, 0.1) is 46.3 Å². The lowest BCUT2D eigenvalue weighted by Crippen LogP contribution is -2.50. The van der Waals surface area contributed by atoms with Crippen LogP contribution in [0.5, 0.6) is 0 Å². The average molecular weight is 497 g/mol. The van der Waals surface area contributed by atoms with Crippen LogP contribution in [-0.4, -0.2) is 3.92 Å². The molecule has 160 valence electrons. The second-order valence-corrected chi connectivity index (χ2v) is 13.9. The number of rotatable bonds is 5. The molecule has 0 bridgehead atoms. The van der Waals surface area contributed by atoms with Gasteiger partial charge in [0.15, 0.2) is 0 Å². The predicted octanol–water partition coefficient (Wildman–Crippen LogP) is 8.83. The normalized spacial score (nSPS) is 46.5. The Hall–Kier alpha value is 0.470. The van der Waals surface area contributed by atoms with Gasteiger partial charge in [-0.15, -0.1) is 0 Å². The molecule has 0 unspecified atom stereocenters. The van der Waals surface area contributed by atoms with Crippen LogP contribution in [-0.2, 0) is 0 Å². The molecule has 0 aromatic rings. The Kier molecular flexibility index (Phi) is 6.35. The molecule has 4 aliphatic carbocycles. The zero-order valence-electron chi connectivity index (χ0n) is 19.3. The maximum absolute atomic E-state index is 2.75. The van der Waals surface area contributed by atoms with Crippen LogP contribution in [0.15, 0.2) is 11.6 Å². The van der Waals surface area contributed by atoms with E-state index in [9.17, 15) is 0 Å². The highest BCUT2D eigenvalue weighted by Crippen LogP contribution is 2.67. The van der Waals surface area contributed by atoms with Gasteiger partial charge in [0.2, 0.25) is 0 Å². The molecule has 4 aliphatic rings. The maximum Gasteiger partial charge on any atom is 0.0147 e. The van der Waals surface area contributed by atoms with E-state index in [1.807, 2.05) is 5.57 Å². The molecule has 8 atom stereocenters. The van der Waals surface area contributed by atoms with Gasteiger partial charge in [-0.3, -0.25) is 0 Å². The van der Waals surface area contributed by atoms with Gasteiger partial charge in [0.05, 0.1) is 0 Å². The van der Waals surface area contributed by atoms with Gasteiger partial charge >= 0.3 is 0 Å². The van der Waals surface area contributed by atoms with Crippen molar-refractivity contribution in [1.29, 1.82) is 0 Å². The summed E-state index contributed by atoms with van der Waals surface area (Å²) in [6.45, 7) is 12.8. The zero-order chi connectivity index (χ0) is 20.1. The first-order valence-electron chi connectivity index (χ1n) is 12.6. The lowest BCUT2D eigenvalue weighted by atomic mass is 9.47. The van der Waals surface area contributed by atoms with E-state index in [0.717, 1.165) is 39.4 Å². The van der Waals surface area contributed by atoms with E-state index in [2.05, 4.69) is 63.3 Å². The standard InChI is InChI=1S/C27H45I/c1-18(2)7-6-8-19(3)23-11-12-24-22-10-9-20-17-21(28)13-15-26(20,4)25(22)14-16-27(23,24)5/h9,18-19,21-25H,6-8,10-17H2,1-5H3/t19-,21+,22-,23+,24-,25-,26-,27+/m0/s1. The molecule has 3 fully saturated rings. The van der Waals surface area contributed by atoms with Gasteiger partial charge in [0.1, 0.15) is 0 Å². The maximum atomic E-state index is 2.75. The van der Waals surface area contributed by atoms with Gasteiger partial charge in [-0.05, 0) is 97.7 Å². The van der Waals surface area contributed by atoms with Gasteiger partial charge in [0, 0.05) is 3.92 Å². The molecule has 0 aliphatic heterocycles. The smallest absolute Gasteiger partial charge is 0.0147 e. The van der Waals surface area contributed by atoms with Gasteiger partial charge in [-0.1, -0.05) is 88.1 Å². The van der Waals surface area contributed by atoms with Crippen LogP contribution in [0.25, 0.3) is 0 Å². The molecule has 3 saturated carbocycles. The number of hydrogen-bond donors (Lipinski definition) is 0. The van der Waals surface area contributed by atoms with Crippen LogP contribution >= 0.6 is 22.6 Å². The van der Waals surface area contributed by atoms with Gasteiger partial charge < -0.3 is 0 Å². The molecule has 0 amide bonds. The first kappa shape index (κ1) is 21.7. The summed E-state index contributed by atoms with van der Waals surface area (Å²) >= 11 is 2.71. The minimum absolute atomic E-state index is 0.548. The van der Waals surface area contributed by atoms with Crippen molar-refractivity contribution in [2.75, 3.05) is 0 Å². The Morgan fingerprint density at radius 1 is 1.00 bits per heavy atom. The Balaban J connectivity index is 1.49. The van der Waals surface area contributed by atoms with Crippen molar-refractivity contribution >= 4 is 22.6 Å². The summed E-state index contributed by atoms with van der Waals surface area (Å²) in [6.07, 6.45) is 18.9. The fraction of sp³-hybridized carbons (Fsp3) is 0.926. The minimum Gasteiger partial charge on any atom is -0.0844 e. The number of fused-ring (bicyclic) bond motifs is 5. The third-order valence-corrected chi connectivity index (χ3v) is 11.3. The van der Waals surface area contributed by atoms with Crippen molar-refractivity contribution in [3.05, 3.63) is 11.6 Å². The van der Waals surface area contributed by atoms with Gasteiger partial charge in [-0.25, -0.2) is 0 Å². The van der Waals surface area contributed by atoms with Crippen LogP contribution in [0.1, 0.15) is 105 Å². The SMILES string of the molecule is CC(C)CCC[C@H](C)[C@H]1CC[C@H]2[C@@H]3CC=C4C[C@H](I)CC[C@]4(C)[C@H]3CC[C@]12C. The van der Waals surface area contributed by atoms with Crippen molar-refractivity contribution in [2.24, 2.45) is 46.3 Å². The molecule has 28 heavy (non-hydrogen) atoms. The van der Waals surface area contributed by atoms with Crippen molar-refractivity contribution < 1.29 is 0 Å². The van der Waals surface area contributed by atoms with Gasteiger partial charge in [0.25, 0.3) is 0 Å². The first-order valence-corrected chi connectivity index (χ1v) is 13.8. The summed E-state index contributed by atoms with van der Waals surface area (Å²) in [7, 11) is 0. The van der Waals surface area contributed by atoms with Gasteiger partial charge in [-0.2, -0.15) is 0 Å². The summed E-state index contributed by atoms with van der Waals surface area (Å²) in [4.78, 5) is 0. The second kappa shape index (κ2) is 8.19. The van der Waals surface area contributed by atoms with E-state index >= 15 is 0 Å². The highest BCUT2D eigenvalue weighted by atomic mass is 127. The molecule has 0 aromatic heterocycles. The molecule has 4 rings (SSSR count). The Morgan fingerprint density at radius 2 is 1.79 bits per heavy atom. The average Bonchev–Trinajstić information content (AvgIpc) is 2.99. The Morgan fingerprint density at radius 3 is 2.54 bits per heavy atom. The first-order chi connectivity index (χ1) is 13.3. The third kappa shape index (κ3) is 3.66. The van der Waals surface area contributed by atoms with Crippen LogP contribution in [0.2, 0.25) is 0 Å². The third-order valence-electron chi connectivity index (χ3n) is 10.2. The monoisotopic (exact) mass is 496 g/mol. The van der Waals surface area contributed by atoms with Crippen molar-refractivity contribution in [3.8, 4) is 0 Å². The summed E-state index contributed by atoms with van der Waals surface area (Å²) < 4.78 is 0.893. The van der Waals surface area contributed by atoms with E-state index in [1.165, 1.54) is 70.6 Å². The Labute approximate surface area is 189 Å². The van der Waals surface area contributed by atoms with Crippen LogP contribution < -0.4 is 0 Å². The fourth-order valence-electron chi connectivity index (χ4n) is 8.64. The van der Waals surface area contributed by atoms with E-state index in [1.54, 1.807) is 0 Å². The topological polar surface area (TPSA) is 0 Å². The summed E-state index contributed by atoms with van der Waals surface area (Å²) in [5, 5.41) is 0. The Bertz CT molecular complexity index is 591. The molecule has 0 spiro atoms.